The molecule has 1 N–H and O–H groups in total. The van der Waals surface area contributed by atoms with Gasteiger partial charge in [-0.15, -0.1) is 0 Å². The van der Waals surface area contributed by atoms with Crippen LogP contribution in [0.25, 0.3) is 87.4 Å². The van der Waals surface area contributed by atoms with Gasteiger partial charge in [-0.05, 0) is 125 Å². The third-order valence-electron chi connectivity index (χ3n) is 19.0. The summed E-state index contributed by atoms with van der Waals surface area (Å²) in [5, 5.41) is 7.57. The Balaban J connectivity index is 0.000000231. The second kappa shape index (κ2) is 35.3. The molecule has 0 saturated carbocycles. The minimum Gasteiger partial charge on any atom is -0.283 e. The first-order valence-corrected chi connectivity index (χ1v) is 40.7. The van der Waals surface area contributed by atoms with Gasteiger partial charge >= 0.3 is 0 Å². The van der Waals surface area contributed by atoms with Gasteiger partial charge in [0.1, 0.15) is 0 Å². The van der Waals surface area contributed by atoms with E-state index >= 15 is 0 Å². The van der Waals surface area contributed by atoms with Crippen LogP contribution in [0.3, 0.4) is 0 Å². The molecule has 2 heterocycles. The van der Waals surface area contributed by atoms with Gasteiger partial charge in [0.05, 0.1) is 45.0 Å². The van der Waals surface area contributed by atoms with Crippen molar-refractivity contribution in [1.29, 1.82) is 0 Å². The van der Waals surface area contributed by atoms with Crippen LogP contribution in [-0.2, 0) is 30.1 Å². The molecule has 12 heteroatoms. The van der Waals surface area contributed by atoms with Gasteiger partial charge < -0.3 is 0 Å². The molecule has 0 fully saturated rings. The van der Waals surface area contributed by atoms with Crippen LogP contribution in [0.2, 0.25) is 0 Å². The Bertz CT molecular complexity index is 4210. The van der Waals surface area contributed by atoms with Gasteiger partial charge in [0.15, 0.2) is 0 Å². The number of aryl methyl sites for hydroxylation is 1. The molecule has 2 aromatic heterocycles. The fourth-order valence-corrected chi connectivity index (χ4v) is 18.3. The highest BCUT2D eigenvalue weighted by Crippen LogP contribution is 2.39. The van der Waals surface area contributed by atoms with Crippen LogP contribution in [-0.4, -0.2) is 50.5 Å². The van der Waals surface area contributed by atoms with Gasteiger partial charge in [-0.25, -0.2) is 33.2 Å². The van der Waals surface area contributed by atoms with Gasteiger partial charge in [0.25, 0.3) is 0 Å². The van der Waals surface area contributed by atoms with Crippen molar-refractivity contribution in [2.75, 3.05) is 22.0 Å². The van der Waals surface area contributed by atoms with Crippen molar-refractivity contribution >= 4 is 101 Å². The molecule has 9 nitrogen and oxygen atoms in total. The van der Waals surface area contributed by atoms with E-state index in [0.29, 0.717) is 47.0 Å². The number of nitrogens with zero attached hydrogens (tertiary/aromatic N) is 2. The van der Waals surface area contributed by atoms with E-state index in [-0.39, 0.29) is 17.3 Å². The molecule has 0 bridgehead atoms. The number of nitrogens with one attached hydrogen (secondary N) is 1. The number of anilines is 1. The summed E-state index contributed by atoms with van der Waals surface area (Å²) in [6.45, 7) is 8.86. The fraction of sp³-hybridized carbons (Fsp3) is 0.457. The summed E-state index contributed by atoms with van der Waals surface area (Å²) in [7, 11) is -10.7. The molecule has 0 atom stereocenters. The zero-order valence-electron chi connectivity index (χ0n) is 56.4. The van der Waals surface area contributed by atoms with Gasteiger partial charge in [-0.3, -0.25) is 4.72 Å². The van der Waals surface area contributed by atoms with Crippen molar-refractivity contribution in [3.63, 3.8) is 0 Å². The van der Waals surface area contributed by atoms with Gasteiger partial charge in [0, 0.05) is 27.1 Å². The minimum absolute atomic E-state index is 0.110. The quantitative estimate of drug-likeness (QED) is 0.0383. The SMILES string of the molecule is CCCCCCCCCCCCS(=O)(=O)Nc1ccccc1-c1ccc2cc(-c3ccccc3C)ccc2c1.CCCCCCCCCCCCS(=O)(=O)n1c2ccccc2c2cc3cc4c(cc3cc21)c1ccccc1n4S(=O)(=O)CCCCCCCCCCCC. The van der Waals surface area contributed by atoms with Gasteiger partial charge in [0.2, 0.25) is 30.1 Å². The van der Waals surface area contributed by atoms with Crippen LogP contribution in [0.15, 0.2) is 158 Å². The van der Waals surface area contributed by atoms with E-state index in [1.54, 1.807) is 7.94 Å². The number of hydrogen-bond donors (Lipinski definition) is 1. The Kier molecular flexibility index (Phi) is 26.9. The molecule has 0 aliphatic heterocycles. The van der Waals surface area contributed by atoms with E-state index in [9.17, 15) is 25.3 Å². The summed E-state index contributed by atoms with van der Waals surface area (Å²) < 4.78 is 88.2. The third-order valence-corrected chi connectivity index (χ3v) is 23.8. The number of rotatable bonds is 39. The Morgan fingerprint density at radius 1 is 0.301 bits per heavy atom. The highest BCUT2D eigenvalue weighted by molar-refractivity contribution is 7.92. The molecule has 0 saturated heterocycles. The van der Waals surface area contributed by atoms with E-state index in [0.717, 1.165) is 87.4 Å². The van der Waals surface area contributed by atoms with Crippen LogP contribution < -0.4 is 4.72 Å². The summed E-state index contributed by atoms with van der Waals surface area (Å²) in [5.74, 6) is 0.384. The van der Waals surface area contributed by atoms with Crippen LogP contribution in [0, 0.1) is 6.92 Å². The van der Waals surface area contributed by atoms with E-state index in [1.807, 2.05) is 84.9 Å². The number of unbranched alkanes of at least 4 members (excludes halogenated alkanes) is 27. The van der Waals surface area contributed by atoms with Crippen molar-refractivity contribution in [1.82, 2.24) is 7.94 Å². The Labute approximate surface area is 558 Å². The second-order valence-electron chi connectivity index (χ2n) is 26.4. The van der Waals surface area contributed by atoms with Gasteiger partial charge in [-0.2, -0.15) is 0 Å². The average molecular weight is 1310 g/mol. The predicted octanol–water partition coefficient (Wildman–Crippen LogP) is 23.4. The molecule has 0 radical (unpaired) electrons. The van der Waals surface area contributed by atoms with E-state index < -0.39 is 30.1 Å². The fourth-order valence-electron chi connectivity index (χ4n) is 13.7. The molecule has 8 aromatic carbocycles. The molecular weight excluding hydrogens is 1210 g/mol. The summed E-state index contributed by atoms with van der Waals surface area (Å²) in [6.07, 6.45) is 34.8. The van der Waals surface area contributed by atoms with Crippen LogP contribution in [0.4, 0.5) is 5.69 Å². The zero-order chi connectivity index (χ0) is 65.5. The summed E-state index contributed by atoms with van der Waals surface area (Å²) in [5.41, 5.74) is 8.96. The van der Waals surface area contributed by atoms with Crippen molar-refractivity contribution in [3.05, 3.63) is 163 Å². The highest BCUT2D eigenvalue weighted by atomic mass is 32.2. The van der Waals surface area contributed by atoms with Crippen molar-refractivity contribution in [2.45, 2.75) is 220 Å². The normalized spacial score (nSPS) is 12.3. The molecule has 0 unspecified atom stereocenters. The maximum atomic E-state index is 14.1. The Morgan fingerprint density at radius 2 is 0.645 bits per heavy atom. The number of hydrogen-bond acceptors (Lipinski definition) is 6. The molecular formula is C81H105N3O6S3. The van der Waals surface area contributed by atoms with Crippen LogP contribution in [0.1, 0.15) is 219 Å². The van der Waals surface area contributed by atoms with Crippen molar-refractivity contribution in [2.24, 2.45) is 0 Å². The topological polar surface area (TPSA) is 124 Å². The Hall–Kier alpha value is -6.47. The monoisotopic (exact) mass is 1310 g/mol. The minimum atomic E-state index is -3.63. The number of para-hydroxylation sites is 3. The molecule has 0 amide bonds. The zero-order valence-corrected chi connectivity index (χ0v) is 58.9. The summed E-state index contributed by atoms with van der Waals surface area (Å²) in [4.78, 5) is 0. The number of benzene rings is 8. The van der Waals surface area contributed by atoms with Crippen LogP contribution in [0.5, 0.6) is 0 Å². The Morgan fingerprint density at radius 3 is 1.06 bits per heavy atom. The first-order valence-electron chi connectivity index (χ1n) is 35.8. The van der Waals surface area contributed by atoms with Gasteiger partial charge in [-0.1, -0.05) is 297 Å². The molecule has 10 aromatic rings. The average Bonchev–Trinajstić information content (AvgIpc) is 1.57. The second-order valence-corrected chi connectivity index (χ2v) is 32.1. The number of sulfonamides is 1. The molecule has 93 heavy (non-hydrogen) atoms. The molecule has 10 rings (SSSR count). The smallest absolute Gasteiger partial charge is 0.239 e. The summed E-state index contributed by atoms with van der Waals surface area (Å²) >= 11 is 0. The van der Waals surface area contributed by atoms with Crippen molar-refractivity contribution < 1.29 is 25.3 Å². The lowest BCUT2D eigenvalue weighted by atomic mass is 9.95. The highest BCUT2D eigenvalue weighted by Gasteiger charge is 2.25. The molecule has 0 spiro atoms. The lowest BCUT2D eigenvalue weighted by molar-refractivity contribution is 0.556. The lowest BCUT2D eigenvalue weighted by Crippen LogP contribution is -2.17. The maximum absolute atomic E-state index is 14.1. The van der Waals surface area contributed by atoms with E-state index in [4.69, 9.17) is 0 Å². The summed E-state index contributed by atoms with van der Waals surface area (Å²) in [6, 6.07) is 52.6. The van der Waals surface area contributed by atoms with E-state index in [2.05, 4.69) is 105 Å². The molecule has 498 valence electrons. The third kappa shape index (κ3) is 19.4. The number of fused-ring (bicyclic) bond motifs is 8. The van der Waals surface area contributed by atoms with Crippen LogP contribution >= 0.6 is 0 Å². The standard InChI is InChI=1S/C46H62N2O4S2.C35H43NO2S/c1-3-5-7-9-11-13-15-17-19-25-31-53(49,50)47-43-29-23-21-27-39(43)41-33-38-36-46-42(34-37(38)35-45(41)47)40-28-22-24-30-44(40)48(46)54(51,52)32-26-20-18-16-14-12-10-8-6-4-2;1-3-4-5-6-7-8-9-10-11-16-25-39(37,38)36-35-20-15-14-19-34(35)32-24-22-29-26-31(23-21-30(29)27-32)33-18-13-12-17-28(33)2/h21-24,27-30,33-36H,3-20,25-26,31-32H2,1-2H3;12-15,17-24,26-27,36H,3-11,16,25H2,1-2H3. The first kappa shape index (κ1) is 70.8. The van der Waals surface area contributed by atoms with E-state index in [1.165, 1.54) is 157 Å². The van der Waals surface area contributed by atoms with Crippen molar-refractivity contribution in [3.8, 4) is 22.3 Å². The molecule has 0 aliphatic rings. The predicted molar refractivity (Wildman–Crippen MR) is 401 cm³/mol. The maximum Gasteiger partial charge on any atom is 0.239 e. The largest absolute Gasteiger partial charge is 0.283 e. The molecule has 0 aliphatic carbocycles. The lowest BCUT2D eigenvalue weighted by Gasteiger charge is -2.14. The number of aromatic nitrogens is 2. The first-order chi connectivity index (χ1) is 45.2.